The Hall–Kier alpha value is -2.70. The summed E-state index contributed by atoms with van der Waals surface area (Å²) in [5.41, 5.74) is 2.08. The highest BCUT2D eigenvalue weighted by Gasteiger charge is 2.19. The van der Waals surface area contributed by atoms with Crippen LogP contribution >= 0.6 is 11.6 Å². The molecule has 4 rings (SSSR count). The van der Waals surface area contributed by atoms with Gasteiger partial charge in [-0.1, -0.05) is 23.7 Å². The molecular weight excluding hydrogens is 391 g/mol. The highest BCUT2D eigenvalue weighted by atomic mass is 35.5. The van der Waals surface area contributed by atoms with Crippen molar-refractivity contribution in [3.8, 4) is 11.6 Å². The molecule has 150 valence electrons. The normalized spacial score (nSPS) is 14.8. The van der Waals surface area contributed by atoms with Gasteiger partial charge in [-0.2, -0.15) is 0 Å². The third-order valence-electron chi connectivity index (χ3n) is 5.00. The Morgan fingerprint density at radius 1 is 1.00 bits per heavy atom. The first-order valence-corrected chi connectivity index (χ1v) is 9.92. The number of ether oxygens (including phenoxy) is 1. The van der Waals surface area contributed by atoms with E-state index in [0.717, 1.165) is 49.7 Å². The van der Waals surface area contributed by atoms with Crippen LogP contribution in [-0.4, -0.2) is 41.0 Å². The van der Waals surface area contributed by atoms with Gasteiger partial charge in [-0.15, -0.1) is 0 Å². The number of aryl methyl sites for hydroxylation is 1. The number of nitrogens with zero attached hydrogens (tertiary/aromatic N) is 4. The lowest BCUT2D eigenvalue weighted by atomic mass is 10.2. The first-order valence-electron chi connectivity index (χ1n) is 9.54. The lowest BCUT2D eigenvalue weighted by molar-refractivity contribution is 0.249. The summed E-state index contributed by atoms with van der Waals surface area (Å²) >= 11 is 6.07. The molecule has 0 aliphatic carbocycles. The molecule has 7 heteroatoms. The van der Waals surface area contributed by atoms with E-state index >= 15 is 0 Å². The fraction of sp³-hybridized carbons (Fsp3) is 0.273. The minimum Gasteiger partial charge on any atom is -0.439 e. The molecule has 1 aliphatic rings. The van der Waals surface area contributed by atoms with Crippen LogP contribution in [0.25, 0.3) is 0 Å². The smallest absolute Gasteiger partial charge is 0.224 e. The number of hydrogen-bond donors (Lipinski definition) is 0. The van der Waals surface area contributed by atoms with Crippen molar-refractivity contribution in [3.05, 3.63) is 76.8 Å². The molecule has 3 aromatic rings. The largest absolute Gasteiger partial charge is 0.439 e. The molecule has 0 bridgehead atoms. The zero-order chi connectivity index (χ0) is 20.2. The van der Waals surface area contributed by atoms with E-state index < -0.39 is 0 Å². The predicted molar refractivity (Wildman–Crippen MR) is 112 cm³/mol. The van der Waals surface area contributed by atoms with Gasteiger partial charge in [-0.05, 0) is 48.4 Å². The maximum absolute atomic E-state index is 13.1. The van der Waals surface area contributed by atoms with Gasteiger partial charge in [0, 0.05) is 43.8 Å². The quantitative estimate of drug-likeness (QED) is 0.608. The number of rotatable bonds is 5. The Kier molecular flexibility index (Phi) is 5.92. The third-order valence-corrected chi connectivity index (χ3v) is 5.42. The molecular formula is C22H22ClFN4O. The van der Waals surface area contributed by atoms with Gasteiger partial charge in [0.05, 0.1) is 0 Å². The highest BCUT2D eigenvalue weighted by Crippen LogP contribution is 2.26. The number of hydrogen-bond acceptors (Lipinski definition) is 5. The molecule has 0 saturated carbocycles. The van der Waals surface area contributed by atoms with Crippen molar-refractivity contribution in [2.45, 2.75) is 13.5 Å². The second kappa shape index (κ2) is 8.76. The summed E-state index contributed by atoms with van der Waals surface area (Å²) in [5.74, 6) is 1.85. The Bertz CT molecular complexity index is 975. The van der Waals surface area contributed by atoms with Crippen LogP contribution in [0.4, 0.5) is 10.2 Å². The van der Waals surface area contributed by atoms with Gasteiger partial charge < -0.3 is 9.64 Å². The van der Waals surface area contributed by atoms with E-state index in [-0.39, 0.29) is 5.82 Å². The number of anilines is 1. The zero-order valence-corrected chi connectivity index (χ0v) is 16.9. The van der Waals surface area contributed by atoms with E-state index in [1.807, 2.05) is 43.3 Å². The molecule has 1 saturated heterocycles. The van der Waals surface area contributed by atoms with Gasteiger partial charge in [-0.3, -0.25) is 4.90 Å². The molecule has 5 nitrogen and oxygen atoms in total. The van der Waals surface area contributed by atoms with Gasteiger partial charge in [0.1, 0.15) is 23.7 Å². The summed E-state index contributed by atoms with van der Waals surface area (Å²) in [5, 5.41) is 0.708. The predicted octanol–water partition coefficient (Wildman–Crippen LogP) is 4.69. The molecule has 1 fully saturated rings. The Labute approximate surface area is 174 Å². The second-order valence-electron chi connectivity index (χ2n) is 7.12. The number of benzene rings is 2. The van der Waals surface area contributed by atoms with Gasteiger partial charge in [-0.25, -0.2) is 14.4 Å². The highest BCUT2D eigenvalue weighted by molar-refractivity contribution is 6.31. The average Bonchev–Trinajstić information content (AvgIpc) is 2.73. The summed E-state index contributed by atoms with van der Waals surface area (Å²) in [6.07, 6.45) is 1.53. The average molecular weight is 413 g/mol. The molecule has 1 aromatic heterocycles. The summed E-state index contributed by atoms with van der Waals surface area (Å²) in [4.78, 5) is 13.2. The SMILES string of the molecule is Cc1cc(Oc2cc(N3CCN(Cc4ccc(F)cc4)CC3)ncn2)ccc1Cl. The summed E-state index contributed by atoms with van der Waals surface area (Å²) in [6.45, 7) is 6.30. The molecule has 0 spiro atoms. The van der Waals surface area contributed by atoms with E-state index in [0.29, 0.717) is 16.7 Å². The standard InChI is InChI=1S/C22H22ClFN4O/c1-16-12-19(6-7-20(16)23)29-22-13-21(25-15-26-22)28-10-8-27(9-11-28)14-17-2-4-18(24)5-3-17/h2-7,12-13,15H,8-11,14H2,1H3. The van der Waals surface area contributed by atoms with Crippen molar-refractivity contribution >= 4 is 17.4 Å². The van der Waals surface area contributed by atoms with Crippen LogP contribution in [0.5, 0.6) is 11.6 Å². The molecule has 0 amide bonds. The molecule has 0 atom stereocenters. The van der Waals surface area contributed by atoms with E-state index in [1.54, 1.807) is 0 Å². The van der Waals surface area contributed by atoms with Crippen LogP contribution < -0.4 is 9.64 Å². The molecule has 0 unspecified atom stereocenters. The van der Waals surface area contributed by atoms with Gasteiger partial charge >= 0.3 is 0 Å². The van der Waals surface area contributed by atoms with Crippen molar-refractivity contribution in [2.24, 2.45) is 0 Å². The Morgan fingerprint density at radius 3 is 2.48 bits per heavy atom. The topological polar surface area (TPSA) is 41.5 Å². The molecule has 29 heavy (non-hydrogen) atoms. The van der Waals surface area contributed by atoms with Crippen molar-refractivity contribution in [3.63, 3.8) is 0 Å². The van der Waals surface area contributed by atoms with Gasteiger partial charge in [0.15, 0.2) is 0 Å². The van der Waals surface area contributed by atoms with Gasteiger partial charge in [0.25, 0.3) is 0 Å². The van der Waals surface area contributed by atoms with Crippen LogP contribution in [0.3, 0.4) is 0 Å². The number of aromatic nitrogens is 2. The fourth-order valence-electron chi connectivity index (χ4n) is 3.34. The summed E-state index contributed by atoms with van der Waals surface area (Å²) in [7, 11) is 0. The van der Waals surface area contributed by atoms with Crippen LogP contribution in [0, 0.1) is 12.7 Å². The number of piperazine rings is 1. The molecule has 1 aliphatic heterocycles. The maximum atomic E-state index is 13.1. The van der Waals surface area contributed by atoms with Crippen molar-refractivity contribution in [2.75, 3.05) is 31.1 Å². The first kappa shape index (κ1) is 19.6. The maximum Gasteiger partial charge on any atom is 0.224 e. The lowest BCUT2D eigenvalue weighted by Crippen LogP contribution is -2.46. The number of halogens is 2. The minimum absolute atomic E-state index is 0.200. The van der Waals surface area contributed by atoms with E-state index in [2.05, 4.69) is 19.8 Å². The molecule has 2 aromatic carbocycles. The summed E-state index contributed by atoms with van der Waals surface area (Å²) < 4.78 is 18.9. The molecule has 0 N–H and O–H groups in total. The lowest BCUT2D eigenvalue weighted by Gasteiger charge is -2.35. The molecule has 0 radical (unpaired) electrons. The third kappa shape index (κ3) is 5.02. The zero-order valence-electron chi connectivity index (χ0n) is 16.2. The van der Waals surface area contributed by atoms with E-state index in [4.69, 9.17) is 16.3 Å². The van der Waals surface area contributed by atoms with Crippen LogP contribution in [-0.2, 0) is 6.54 Å². The van der Waals surface area contributed by atoms with E-state index in [1.165, 1.54) is 18.5 Å². The molecule has 2 heterocycles. The van der Waals surface area contributed by atoms with Crippen LogP contribution in [0.2, 0.25) is 5.02 Å². The fourth-order valence-corrected chi connectivity index (χ4v) is 3.46. The van der Waals surface area contributed by atoms with Crippen molar-refractivity contribution in [1.82, 2.24) is 14.9 Å². The summed E-state index contributed by atoms with van der Waals surface area (Å²) in [6, 6.07) is 14.1. The van der Waals surface area contributed by atoms with Crippen molar-refractivity contribution in [1.29, 1.82) is 0 Å². The first-order chi connectivity index (χ1) is 14.1. The van der Waals surface area contributed by atoms with E-state index in [9.17, 15) is 4.39 Å². The van der Waals surface area contributed by atoms with Gasteiger partial charge in [0.2, 0.25) is 5.88 Å². The minimum atomic E-state index is -0.200. The van der Waals surface area contributed by atoms with Crippen LogP contribution in [0.1, 0.15) is 11.1 Å². The Morgan fingerprint density at radius 2 is 1.76 bits per heavy atom. The van der Waals surface area contributed by atoms with Crippen LogP contribution in [0.15, 0.2) is 54.9 Å². The monoisotopic (exact) mass is 412 g/mol. The second-order valence-corrected chi connectivity index (χ2v) is 7.52. The van der Waals surface area contributed by atoms with Crippen molar-refractivity contribution < 1.29 is 9.13 Å². The Balaban J connectivity index is 1.36.